The lowest BCUT2D eigenvalue weighted by Crippen LogP contribution is -2.74. The number of ketones is 4. The summed E-state index contributed by atoms with van der Waals surface area (Å²) in [5, 5.41) is 81.8. The maximum absolute atomic E-state index is 14.2. The first kappa shape index (κ1) is 47.3. The molecule has 288 valence electrons. The number of hydrogen-bond donors (Lipinski definition) is 8. The summed E-state index contributed by atoms with van der Waals surface area (Å²) in [5.41, 5.74) is -6.67. The highest BCUT2D eigenvalue weighted by molar-refractivity contribution is 6.26. The van der Waals surface area contributed by atoms with E-state index in [4.69, 9.17) is 4.74 Å². The van der Waals surface area contributed by atoms with Gasteiger partial charge in [-0.15, -0.1) is 0 Å². The van der Waals surface area contributed by atoms with Crippen LogP contribution in [-0.2, 0) is 23.9 Å². The average Bonchev–Trinajstić information content (AvgIpc) is 3.12. The summed E-state index contributed by atoms with van der Waals surface area (Å²) in [5.74, 6) is -6.65. The van der Waals surface area contributed by atoms with Crippen molar-refractivity contribution < 1.29 is 64.8 Å². The number of Topliss-reactive ketones (excluding diaryl/α,β-unsaturated/α-hetero) is 4. The second kappa shape index (κ2) is 27.0. The first-order chi connectivity index (χ1) is 23.4. The van der Waals surface area contributed by atoms with E-state index in [1.54, 1.807) is 0 Å². The Hall–Kier alpha value is -1.68. The number of rotatable bonds is 34. The van der Waals surface area contributed by atoms with Gasteiger partial charge in [0.25, 0.3) is 0 Å². The summed E-state index contributed by atoms with van der Waals surface area (Å²) in [4.78, 5) is 56.6. The minimum atomic E-state index is -3.47. The number of carbonyl (C=O) groups excluding carboxylic acids is 4. The van der Waals surface area contributed by atoms with Crippen LogP contribution in [0.15, 0.2) is 0 Å². The van der Waals surface area contributed by atoms with Crippen LogP contribution in [0.1, 0.15) is 136 Å². The van der Waals surface area contributed by atoms with Crippen LogP contribution < -0.4 is 0 Å². The molecule has 0 aromatic carbocycles. The number of aliphatic hydroxyl groups excluding tert-OH is 8. The molecular weight excluding hydrogens is 640 g/mol. The van der Waals surface area contributed by atoms with Gasteiger partial charge in [-0.1, -0.05) is 123 Å². The Morgan fingerprint density at radius 1 is 0.449 bits per heavy atom. The molecule has 0 aromatic heterocycles. The lowest BCUT2D eigenvalue weighted by atomic mass is 9.56. The molecule has 13 nitrogen and oxygen atoms in total. The van der Waals surface area contributed by atoms with Crippen molar-refractivity contribution in [3.63, 3.8) is 0 Å². The van der Waals surface area contributed by atoms with Crippen molar-refractivity contribution in [3.8, 4) is 0 Å². The summed E-state index contributed by atoms with van der Waals surface area (Å²) in [6.45, 7) is -1.41. The van der Waals surface area contributed by atoms with Gasteiger partial charge in [-0.25, -0.2) is 0 Å². The number of hydrogen-bond acceptors (Lipinski definition) is 13. The number of carbonyl (C=O) groups is 4. The third-order valence-electron chi connectivity index (χ3n) is 9.26. The van der Waals surface area contributed by atoms with E-state index in [0.717, 1.165) is 70.6 Å². The van der Waals surface area contributed by atoms with Crippen LogP contribution in [-0.4, -0.2) is 127 Å². The highest BCUT2D eigenvalue weighted by atomic mass is 16.5. The molecule has 0 radical (unpaired) electrons. The van der Waals surface area contributed by atoms with Crippen LogP contribution >= 0.6 is 0 Å². The molecule has 13 heteroatoms. The van der Waals surface area contributed by atoms with Crippen LogP contribution in [0.4, 0.5) is 0 Å². The van der Waals surface area contributed by atoms with E-state index in [-0.39, 0.29) is 12.8 Å². The normalized spacial score (nSPS) is 16.7. The molecule has 0 aromatic rings. The van der Waals surface area contributed by atoms with Gasteiger partial charge in [0, 0.05) is 6.61 Å². The van der Waals surface area contributed by atoms with Gasteiger partial charge in [0.1, 0.15) is 29.8 Å². The molecule has 0 saturated heterocycles. The van der Waals surface area contributed by atoms with Crippen LogP contribution in [0.25, 0.3) is 0 Å². The van der Waals surface area contributed by atoms with E-state index in [1.165, 1.54) is 12.8 Å². The van der Waals surface area contributed by atoms with Crippen LogP contribution in [0.2, 0.25) is 0 Å². The second-order valence-corrected chi connectivity index (χ2v) is 13.1. The molecule has 0 fully saturated rings. The van der Waals surface area contributed by atoms with Crippen LogP contribution in [0.5, 0.6) is 0 Å². The van der Waals surface area contributed by atoms with Gasteiger partial charge in [0.05, 0.1) is 26.4 Å². The van der Waals surface area contributed by atoms with Crippen molar-refractivity contribution >= 4 is 23.1 Å². The Kier molecular flexibility index (Phi) is 26.1. The lowest BCUT2D eigenvalue weighted by Gasteiger charge is -2.48. The Morgan fingerprint density at radius 3 is 1.06 bits per heavy atom. The standard InChI is InChI=1S/C36H66O13/c1-3-5-7-9-11-13-14-16-18-20-22-49-36(33(47)29(43)25-39,34(48)30(44)26-40)35(31(45)27(41)23-37,32(46)28(42)24-38)21-19-17-15-12-10-8-6-4-2/h27-30,37-44H,3-26H2,1-2H3. The van der Waals surface area contributed by atoms with E-state index in [2.05, 4.69) is 13.8 Å². The molecule has 0 aliphatic carbocycles. The Balaban J connectivity index is 6.94. The summed E-state index contributed by atoms with van der Waals surface area (Å²) in [6.07, 6.45) is 4.33. The topological polar surface area (TPSA) is 239 Å². The minimum absolute atomic E-state index is 0.0596. The molecular formula is C36H66O13. The van der Waals surface area contributed by atoms with Gasteiger partial charge in [0.2, 0.25) is 17.2 Å². The van der Waals surface area contributed by atoms with E-state index in [0.29, 0.717) is 19.3 Å². The van der Waals surface area contributed by atoms with Crippen molar-refractivity contribution in [3.05, 3.63) is 0 Å². The zero-order chi connectivity index (χ0) is 37.3. The highest BCUT2D eigenvalue weighted by Gasteiger charge is 2.72. The SMILES string of the molecule is CCCCCCCCCCCCOC(C(=O)C(O)CO)(C(=O)C(O)CO)C(CCCCCCCCCC)(C(=O)C(O)CO)C(=O)C(O)CO. The van der Waals surface area contributed by atoms with E-state index in [9.17, 15) is 60.0 Å². The number of unbranched alkanes of at least 4 members (excludes halogenated alkanes) is 16. The van der Waals surface area contributed by atoms with Crippen molar-refractivity contribution in [2.24, 2.45) is 5.41 Å². The Labute approximate surface area is 292 Å². The third-order valence-corrected chi connectivity index (χ3v) is 9.26. The fourth-order valence-electron chi connectivity index (χ4n) is 6.41. The van der Waals surface area contributed by atoms with E-state index in [1.807, 2.05) is 0 Å². The zero-order valence-corrected chi connectivity index (χ0v) is 29.9. The molecule has 0 rings (SSSR count). The van der Waals surface area contributed by atoms with Crippen molar-refractivity contribution in [1.82, 2.24) is 0 Å². The van der Waals surface area contributed by atoms with Gasteiger partial charge in [-0.05, 0) is 12.8 Å². The molecule has 0 aliphatic heterocycles. The van der Waals surface area contributed by atoms with Crippen LogP contribution in [0.3, 0.4) is 0 Å². The Morgan fingerprint density at radius 2 is 0.735 bits per heavy atom. The summed E-state index contributed by atoms with van der Waals surface area (Å²) < 4.78 is 5.92. The van der Waals surface area contributed by atoms with Gasteiger partial charge in [0.15, 0.2) is 11.6 Å². The first-order valence-corrected chi connectivity index (χ1v) is 18.4. The predicted molar refractivity (Wildman–Crippen MR) is 183 cm³/mol. The lowest BCUT2D eigenvalue weighted by molar-refractivity contribution is -0.201. The maximum Gasteiger partial charge on any atom is 0.209 e. The number of aliphatic hydroxyl groups is 8. The van der Waals surface area contributed by atoms with Gasteiger partial charge in [-0.3, -0.25) is 19.2 Å². The molecule has 49 heavy (non-hydrogen) atoms. The fraction of sp³-hybridized carbons (Fsp3) is 0.889. The highest BCUT2D eigenvalue weighted by Crippen LogP contribution is 2.46. The largest absolute Gasteiger partial charge is 0.393 e. The van der Waals surface area contributed by atoms with Gasteiger partial charge >= 0.3 is 0 Å². The smallest absolute Gasteiger partial charge is 0.209 e. The second-order valence-electron chi connectivity index (χ2n) is 13.1. The van der Waals surface area contributed by atoms with Gasteiger partial charge in [-0.2, -0.15) is 0 Å². The molecule has 0 saturated carbocycles. The quantitative estimate of drug-likeness (QED) is 0.0353. The Bertz CT molecular complexity index is 881. The summed E-state index contributed by atoms with van der Waals surface area (Å²) >= 11 is 0. The summed E-state index contributed by atoms with van der Waals surface area (Å²) in [6, 6.07) is 0. The van der Waals surface area contributed by atoms with Crippen LogP contribution in [0, 0.1) is 5.41 Å². The average molecular weight is 707 g/mol. The molecule has 0 spiro atoms. The van der Waals surface area contributed by atoms with E-state index < -0.39 is 98.0 Å². The molecule has 0 aliphatic rings. The fourth-order valence-corrected chi connectivity index (χ4v) is 6.41. The van der Waals surface area contributed by atoms with Crippen molar-refractivity contribution in [2.45, 2.75) is 166 Å². The zero-order valence-electron chi connectivity index (χ0n) is 29.9. The molecule has 4 atom stereocenters. The molecule has 0 bridgehead atoms. The molecule has 4 unspecified atom stereocenters. The molecule has 8 N–H and O–H groups in total. The van der Waals surface area contributed by atoms with E-state index >= 15 is 0 Å². The molecule has 0 heterocycles. The maximum atomic E-state index is 14.2. The monoisotopic (exact) mass is 706 g/mol. The summed E-state index contributed by atoms with van der Waals surface area (Å²) in [7, 11) is 0. The first-order valence-electron chi connectivity index (χ1n) is 18.4. The van der Waals surface area contributed by atoms with Crippen molar-refractivity contribution in [1.29, 1.82) is 0 Å². The number of ether oxygens (including phenoxy) is 1. The van der Waals surface area contributed by atoms with Gasteiger partial charge < -0.3 is 45.6 Å². The minimum Gasteiger partial charge on any atom is -0.393 e. The predicted octanol–water partition coefficient (Wildman–Crippen LogP) is 1.87. The molecule has 0 amide bonds. The third kappa shape index (κ3) is 14.1. The van der Waals surface area contributed by atoms with Crippen molar-refractivity contribution in [2.75, 3.05) is 33.0 Å².